The maximum absolute atomic E-state index is 13.0. The van der Waals surface area contributed by atoms with Crippen LogP contribution >= 0.6 is 0 Å². The number of nitrogens with zero attached hydrogens (tertiary/aromatic N) is 2. The Hall–Kier alpha value is -2.63. The van der Waals surface area contributed by atoms with E-state index in [0.717, 1.165) is 29.5 Å². The lowest BCUT2D eigenvalue weighted by Gasteiger charge is -2.23. The average Bonchev–Trinajstić information content (AvgIpc) is 3.31. The molecule has 0 spiro atoms. The van der Waals surface area contributed by atoms with Gasteiger partial charge in [0, 0.05) is 37.2 Å². The minimum Gasteiger partial charge on any atom is -0.355 e. The number of rotatable bonds is 8. The van der Waals surface area contributed by atoms with Crippen molar-refractivity contribution in [2.24, 2.45) is 5.92 Å². The smallest absolute Gasteiger partial charge is 0.276 e. The molecule has 150 valence electrons. The van der Waals surface area contributed by atoms with Gasteiger partial charge in [0.1, 0.15) is 0 Å². The van der Waals surface area contributed by atoms with Gasteiger partial charge in [0.05, 0.1) is 0 Å². The van der Waals surface area contributed by atoms with Gasteiger partial charge in [-0.2, -0.15) is 0 Å². The molecule has 0 atom stereocenters. The zero-order chi connectivity index (χ0) is 20.3. The molecular formula is C22H29N3O3. The second-order valence-corrected chi connectivity index (χ2v) is 8.13. The van der Waals surface area contributed by atoms with Gasteiger partial charge >= 0.3 is 0 Å². The number of carbonyl (C=O) groups excluding carboxylic acids is 2. The fourth-order valence-electron chi connectivity index (χ4n) is 3.15. The fraction of sp³-hybridized carbons (Fsp3) is 0.500. The summed E-state index contributed by atoms with van der Waals surface area (Å²) in [6.45, 7) is 9.07. The first-order chi connectivity index (χ1) is 13.3. The highest BCUT2D eigenvalue weighted by atomic mass is 16.5. The summed E-state index contributed by atoms with van der Waals surface area (Å²) in [5.41, 5.74) is 3.40. The lowest BCUT2D eigenvalue weighted by molar-refractivity contribution is -0.121. The number of carbonyl (C=O) groups is 2. The maximum atomic E-state index is 13.0. The number of nitrogens with one attached hydrogen (secondary N) is 1. The Kier molecular flexibility index (Phi) is 6.17. The van der Waals surface area contributed by atoms with E-state index >= 15 is 0 Å². The molecule has 1 aliphatic rings. The number of benzene rings is 1. The number of hydrogen-bond acceptors (Lipinski definition) is 4. The minimum atomic E-state index is -0.201. The molecule has 6 nitrogen and oxygen atoms in total. The van der Waals surface area contributed by atoms with Crippen LogP contribution in [0.15, 0.2) is 28.8 Å². The molecule has 1 aromatic heterocycles. The van der Waals surface area contributed by atoms with Gasteiger partial charge in [-0.05, 0) is 44.2 Å². The van der Waals surface area contributed by atoms with Crippen LogP contribution in [-0.2, 0) is 4.79 Å². The van der Waals surface area contributed by atoms with Crippen molar-refractivity contribution in [2.75, 3.05) is 13.1 Å². The molecule has 0 saturated heterocycles. The number of amides is 2. The molecule has 0 aliphatic heterocycles. The Bertz CT molecular complexity index is 852. The van der Waals surface area contributed by atoms with Crippen LogP contribution in [0.5, 0.6) is 0 Å². The van der Waals surface area contributed by atoms with E-state index in [9.17, 15) is 9.59 Å². The van der Waals surface area contributed by atoms with Gasteiger partial charge < -0.3 is 14.7 Å². The van der Waals surface area contributed by atoms with E-state index in [1.54, 1.807) is 11.0 Å². The van der Waals surface area contributed by atoms with E-state index in [-0.39, 0.29) is 17.5 Å². The van der Waals surface area contributed by atoms with Gasteiger partial charge in [-0.3, -0.25) is 9.59 Å². The largest absolute Gasteiger partial charge is 0.355 e. The summed E-state index contributed by atoms with van der Waals surface area (Å²) >= 11 is 0. The van der Waals surface area contributed by atoms with E-state index < -0.39 is 0 Å². The van der Waals surface area contributed by atoms with Crippen LogP contribution in [0.2, 0.25) is 0 Å². The predicted octanol–water partition coefficient (Wildman–Crippen LogP) is 3.73. The molecule has 28 heavy (non-hydrogen) atoms. The van der Waals surface area contributed by atoms with Crippen LogP contribution in [0, 0.1) is 19.8 Å². The summed E-state index contributed by atoms with van der Waals surface area (Å²) in [6, 6.07) is 8.12. The highest BCUT2D eigenvalue weighted by Gasteiger charge is 2.25. The molecular weight excluding hydrogens is 354 g/mol. The van der Waals surface area contributed by atoms with Crippen LogP contribution in [0.25, 0.3) is 11.3 Å². The number of aryl methyl sites for hydroxylation is 2. The number of aromatic nitrogens is 1. The van der Waals surface area contributed by atoms with Crippen molar-refractivity contribution in [3.8, 4) is 11.3 Å². The lowest BCUT2D eigenvalue weighted by atomic mass is 10.0. The third-order valence-electron chi connectivity index (χ3n) is 4.81. The fourth-order valence-corrected chi connectivity index (χ4v) is 3.15. The van der Waals surface area contributed by atoms with Gasteiger partial charge in [0.25, 0.3) is 5.91 Å². The van der Waals surface area contributed by atoms with E-state index in [0.29, 0.717) is 37.2 Å². The predicted molar refractivity (Wildman–Crippen MR) is 108 cm³/mol. The molecule has 2 amide bonds. The molecule has 1 heterocycles. The van der Waals surface area contributed by atoms with Crippen molar-refractivity contribution in [1.29, 1.82) is 0 Å². The van der Waals surface area contributed by atoms with Crippen molar-refractivity contribution in [3.05, 3.63) is 41.1 Å². The standard InChI is InChI=1S/C22H29N3O3/c1-14(2)13-25(10-9-21(26)23-17-7-8-17)22(27)19-12-20(28-24-19)18-11-15(3)5-6-16(18)4/h5-6,11-12,14,17H,7-10,13H2,1-4H3,(H,23,26). The summed E-state index contributed by atoms with van der Waals surface area (Å²) in [5.74, 6) is 0.676. The van der Waals surface area contributed by atoms with E-state index in [4.69, 9.17) is 4.52 Å². The van der Waals surface area contributed by atoms with Crippen molar-refractivity contribution in [1.82, 2.24) is 15.4 Å². The Morgan fingerprint density at radius 3 is 2.68 bits per heavy atom. The average molecular weight is 383 g/mol. The van der Waals surface area contributed by atoms with E-state index in [1.807, 2.05) is 32.0 Å². The first-order valence-electron chi connectivity index (χ1n) is 9.96. The highest BCUT2D eigenvalue weighted by molar-refractivity contribution is 5.93. The summed E-state index contributed by atoms with van der Waals surface area (Å²) in [4.78, 5) is 26.7. The van der Waals surface area contributed by atoms with Gasteiger partial charge in [-0.1, -0.05) is 36.7 Å². The molecule has 1 fully saturated rings. The molecule has 2 aromatic rings. The topological polar surface area (TPSA) is 75.4 Å². The molecule has 0 unspecified atom stereocenters. The Balaban J connectivity index is 1.72. The summed E-state index contributed by atoms with van der Waals surface area (Å²) in [6.07, 6.45) is 2.41. The second kappa shape index (κ2) is 8.59. The van der Waals surface area contributed by atoms with Crippen molar-refractivity contribution in [3.63, 3.8) is 0 Å². The first kappa shape index (κ1) is 20.1. The SMILES string of the molecule is Cc1ccc(C)c(-c2cc(C(=O)N(CCC(=O)NC3CC3)CC(C)C)no2)c1. The second-order valence-electron chi connectivity index (χ2n) is 8.13. The van der Waals surface area contributed by atoms with Crippen LogP contribution in [-0.4, -0.2) is 41.0 Å². The third kappa shape index (κ3) is 5.21. The van der Waals surface area contributed by atoms with Crippen LogP contribution in [0.3, 0.4) is 0 Å². The van der Waals surface area contributed by atoms with Gasteiger partial charge in [-0.15, -0.1) is 0 Å². The number of hydrogen-bond donors (Lipinski definition) is 1. The van der Waals surface area contributed by atoms with E-state index in [1.165, 1.54) is 0 Å². The molecule has 3 rings (SSSR count). The summed E-state index contributed by atoms with van der Waals surface area (Å²) < 4.78 is 5.47. The Labute approximate surface area is 166 Å². The van der Waals surface area contributed by atoms with Crippen molar-refractivity contribution >= 4 is 11.8 Å². The third-order valence-corrected chi connectivity index (χ3v) is 4.81. The molecule has 1 aliphatic carbocycles. The maximum Gasteiger partial charge on any atom is 0.276 e. The molecule has 1 saturated carbocycles. The molecule has 6 heteroatoms. The van der Waals surface area contributed by atoms with Gasteiger partial charge in [-0.25, -0.2) is 0 Å². The lowest BCUT2D eigenvalue weighted by Crippen LogP contribution is -2.38. The molecule has 0 bridgehead atoms. The van der Waals surface area contributed by atoms with Crippen LogP contribution in [0.4, 0.5) is 0 Å². The van der Waals surface area contributed by atoms with Crippen molar-refractivity contribution in [2.45, 2.75) is 53.0 Å². The monoisotopic (exact) mass is 383 g/mol. The van der Waals surface area contributed by atoms with Crippen molar-refractivity contribution < 1.29 is 14.1 Å². The van der Waals surface area contributed by atoms with Gasteiger partial charge in [0.15, 0.2) is 11.5 Å². The highest BCUT2D eigenvalue weighted by Crippen LogP contribution is 2.26. The molecule has 1 aromatic carbocycles. The summed E-state index contributed by atoms with van der Waals surface area (Å²) in [5, 5.41) is 6.98. The Morgan fingerprint density at radius 2 is 2.00 bits per heavy atom. The molecule has 0 radical (unpaired) electrons. The zero-order valence-electron chi connectivity index (χ0n) is 17.1. The Morgan fingerprint density at radius 1 is 1.25 bits per heavy atom. The normalized spacial score (nSPS) is 13.6. The summed E-state index contributed by atoms with van der Waals surface area (Å²) in [7, 11) is 0. The van der Waals surface area contributed by atoms with E-state index in [2.05, 4.69) is 24.3 Å². The molecule has 1 N–H and O–H groups in total. The minimum absolute atomic E-state index is 0.000263. The zero-order valence-corrected chi connectivity index (χ0v) is 17.1. The first-order valence-corrected chi connectivity index (χ1v) is 9.96. The van der Waals surface area contributed by atoms with Gasteiger partial charge in [0.2, 0.25) is 5.91 Å². The van der Waals surface area contributed by atoms with Crippen LogP contribution < -0.4 is 5.32 Å². The van der Waals surface area contributed by atoms with Crippen LogP contribution in [0.1, 0.15) is 54.7 Å². The quantitative estimate of drug-likeness (QED) is 0.754.